The number of unbranched alkanes of at least 4 members (excludes halogenated alkanes) is 1. The summed E-state index contributed by atoms with van der Waals surface area (Å²) in [6, 6.07) is 0. The molecule has 1 aliphatic rings. The Labute approximate surface area is 122 Å². The average Bonchev–Trinajstić information content (AvgIpc) is 2.82. The number of hydrogen-bond acceptors (Lipinski definition) is 6. The fraction of sp³-hybridized carbons (Fsp3) is 0.571. The molecule has 0 aromatic carbocycles. The summed E-state index contributed by atoms with van der Waals surface area (Å²) in [6.07, 6.45) is 5.38. The molecule has 0 amide bonds. The Hall–Kier alpha value is -1.70. The van der Waals surface area contributed by atoms with Crippen LogP contribution < -0.4 is 11.4 Å². The van der Waals surface area contributed by atoms with Crippen molar-refractivity contribution in [1.82, 2.24) is 9.55 Å². The average molecular weight is 295 g/mol. The quantitative estimate of drug-likeness (QED) is 0.719. The van der Waals surface area contributed by atoms with Crippen LogP contribution in [0.1, 0.15) is 38.0 Å². The maximum Gasteiger partial charge on any atom is 0.351 e. The molecular formula is C14H21N3O4. The molecule has 116 valence electrons. The topological polar surface area (TPSA) is 111 Å². The lowest BCUT2D eigenvalue weighted by atomic mass is 10.2. The second-order valence-corrected chi connectivity index (χ2v) is 5.08. The van der Waals surface area contributed by atoms with E-state index in [2.05, 4.69) is 11.9 Å². The molecule has 7 heteroatoms. The summed E-state index contributed by atoms with van der Waals surface area (Å²) in [7, 11) is 0. The summed E-state index contributed by atoms with van der Waals surface area (Å²) in [5.74, 6) is 0.167. The van der Waals surface area contributed by atoms with Crippen LogP contribution in [0.2, 0.25) is 0 Å². The number of nitrogens with zero attached hydrogens (tertiary/aromatic N) is 2. The standard InChI is InChI=1S/C14H21N3O4/c1-2-3-4-5-9-7-17(14(20)16-13(9)15)12-6-10(19)11(8-18)21-12/h4-5,7,10-12,18-19H,2-3,6,8H2,1H3,(H2,15,16,20)/t10-,11+,12+/m0/s1. The fourth-order valence-corrected chi connectivity index (χ4v) is 2.26. The number of nitrogens with two attached hydrogens (primary N) is 1. The Kier molecular flexibility index (Phi) is 5.11. The van der Waals surface area contributed by atoms with Crippen molar-refractivity contribution in [2.75, 3.05) is 12.3 Å². The lowest BCUT2D eigenvalue weighted by Crippen LogP contribution is -2.28. The molecule has 2 rings (SSSR count). The second kappa shape index (κ2) is 6.84. The largest absolute Gasteiger partial charge is 0.394 e. The molecule has 1 aliphatic heterocycles. The van der Waals surface area contributed by atoms with E-state index in [-0.39, 0.29) is 18.8 Å². The van der Waals surface area contributed by atoms with Gasteiger partial charge >= 0.3 is 5.69 Å². The minimum Gasteiger partial charge on any atom is -0.394 e. The van der Waals surface area contributed by atoms with E-state index in [1.165, 1.54) is 4.57 Å². The van der Waals surface area contributed by atoms with E-state index in [1.807, 2.05) is 12.2 Å². The molecule has 0 unspecified atom stereocenters. The zero-order valence-corrected chi connectivity index (χ0v) is 12.0. The van der Waals surface area contributed by atoms with E-state index in [0.29, 0.717) is 5.56 Å². The first kappa shape index (κ1) is 15.7. The van der Waals surface area contributed by atoms with E-state index in [1.54, 1.807) is 6.20 Å². The number of rotatable bonds is 5. The number of ether oxygens (including phenoxy) is 1. The number of anilines is 1. The van der Waals surface area contributed by atoms with Gasteiger partial charge in [0.25, 0.3) is 0 Å². The third kappa shape index (κ3) is 3.49. The van der Waals surface area contributed by atoms with Crippen molar-refractivity contribution in [1.29, 1.82) is 0 Å². The fourth-order valence-electron chi connectivity index (χ4n) is 2.26. The number of aliphatic hydroxyl groups is 2. The third-order valence-electron chi connectivity index (χ3n) is 3.46. The van der Waals surface area contributed by atoms with Gasteiger partial charge < -0.3 is 20.7 Å². The minimum atomic E-state index is -0.802. The van der Waals surface area contributed by atoms with Crippen LogP contribution in [0.25, 0.3) is 6.08 Å². The lowest BCUT2D eigenvalue weighted by Gasteiger charge is -2.15. The molecule has 0 bridgehead atoms. The molecular weight excluding hydrogens is 274 g/mol. The molecule has 4 N–H and O–H groups in total. The van der Waals surface area contributed by atoms with Crippen molar-refractivity contribution in [2.24, 2.45) is 0 Å². The first-order valence-corrected chi connectivity index (χ1v) is 7.06. The van der Waals surface area contributed by atoms with E-state index in [9.17, 15) is 9.90 Å². The molecule has 1 aromatic rings. The maximum absolute atomic E-state index is 11.9. The highest BCUT2D eigenvalue weighted by atomic mass is 16.5. The molecule has 2 heterocycles. The van der Waals surface area contributed by atoms with Crippen LogP contribution in [0.4, 0.5) is 5.82 Å². The molecule has 0 aliphatic carbocycles. The van der Waals surface area contributed by atoms with Crippen LogP contribution in [-0.4, -0.2) is 38.6 Å². The van der Waals surface area contributed by atoms with Crippen LogP contribution in [0, 0.1) is 0 Å². The molecule has 7 nitrogen and oxygen atoms in total. The molecule has 1 aromatic heterocycles. The smallest absolute Gasteiger partial charge is 0.351 e. The van der Waals surface area contributed by atoms with Crippen molar-refractivity contribution in [2.45, 2.75) is 44.6 Å². The van der Waals surface area contributed by atoms with Gasteiger partial charge in [-0.1, -0.05) is 25.5 Å². The van der Waals surface area contributed by atoms with Crippen LogP contribution in [0.5, 0.6) is 0 Å². The molecule has 0 saturated carbocycles. The van der Waals surface area contributed by atoms with Gasteiger partial charge in [0.2, 0.25) is 0 Å². The van der Waals surface area contributed by atoms with Crippen LogP contribution in [0.3, 0.4) is 0 Å². The van der Waals surface area contributed by atoms with Crippen molar-refractivity contribution < 1.29 is 14.9 Å². The predicted octanol–water partition coefficient (Wildman–Crippen LogP) is 0.279. The van der Waals surface area contributed by atoms with Crippen LogP contribution in [-0.2, 0) is 4.74 Å². The normalized spacial score (nSPS) is 25.8. The number of nitrogen functional groups attached to an aromatic ring is 1. The Balaban J connectivity index is 2.28. The first-order valence-electron chi connectivity index (χ1n) is 7.06. The molecule has 21 heavy (non-hydrogen) atoms. The second-order valence-electron chi connectivity index (χ2n) is 5.08. The molecule has 1 saturated heterocycles. The Bertz CT molecular complexity index is 570. The minimum absolute atomic E-state index is 0.167. The van der Waals surface area contributed by atoms with E-state index < -0.39 is 24.1 Å². The third-order valence-corrected chi connectivity index (χ3v) is 3.46. The maximum atomic E-state index is 11.9. The Morgan fingerprint density at radius 3 is 3.00 bits per heavy atom. The summed E-state index contributed by atoms with van der Waals surface area (Å²) in [6.45, 7) is 1.77. The van der Waals surface area contributed by atoms with E-state index >= 15 is 0 Å². The highest BCUT2D eigenvalue weighted by molar-refractivity contribution is 5.59. The number of allylic oxidation sites excluding steroid dienone is 1. The van der Waals surface area contributed by atoms with Gasteiger partial charge in [0.05, 0.1) is 12.7 Å². The SMILES string of the molecule is CCCC=Cc1cn([C@H]2C[C@H](O)[C@@H](CO)O2)c(=O)nc1N. The van der Waals surface area contributed by atoms with Gasteiger partial charge in [0.15, 0.2) is 0 Å². The summed E-state index contributed by atoms with van der Waals surface area (Å²) in [4.78, 5) is 15.7. The molecule has 1 fully saturated rings. The summed E-state index contributed by atoms with van der Waals surface area (Å²) in [5, 5.41) is 18.8. The predicted molar refractivity (Wildman–Crippen MR) is 78.5 cm³/mol. The zero-order chi connectivity index (χ0) is 15.4. The Morgan fingerprint density at radius 2 is 2.38 bits per heavy atom. The first-order chi connectivity index (χ1) is 10.1. The van der Waals surface area contributed by atoms with Crippen molar-refractivity contribution in [3.05, 3.63) is 28.3 Å². The van der Waals surface area contributed by atoms with Gasteiger partial charge in [-0.3, -0.25) is 4.57 Å². The number of aliphatic hydroxyl groups excluding tert-OH is 2. The summed E-state index contributed by atoms with van der Waals surface area (Å²) < 4.78 is 6.77. The van der Waals surface area contributed by atoms with Crippen LogP contribution >= 0.6 is 0 Å². The number of aromatic nitrogens is 2. The molecule has 3 atom stereocenters. The van der Waals surface area contributed by atoms with E-state index in [4.69, 9.17) is 15.6 Å². The van der Waals surface area contributed by atoms with Gasteiger partial charge in [-0.25, -0.2) is 4.79 Å². The molecule has 0 radical (unpaired) electrons. The Morgan fingerprint density at radius 1 is 1.62 bits per heavy atom. The lowest BCUT2D eigenvalue weighted by molar-refractivity contribution is -0.0458. The van der Waals surface area contributed by atoms with Gasteiger partial charge in [-0.05, 0) is 6.42 Å². The van der Waals surface area contributed by atoms with Gasteiger partial charge in [0.1, 0.15) is 18.1 Å². The highest BCUT2D eigenvalue weighted by Crippen LogP contribution is 2.27. The van der Waals surface area contributed by atoms with Gasteiger partial charge in [-0.2, -0.15) is 4.98 Å². The zero-order valence-electron chi connectivity index (χ0n) is 12.0. The monoisotopic (exact) mass is 295 g/mol. The van der Waals surface area contributed by atoms with Crippen molar-refractivity contribution in [3.63, 3.8) is 0 Å². The van der Waals surface area contributed by atoms with Gasteiger partial charge in [-0.15, -0.1) is 0 Å². The van der Waals surface area contributed by atoms with Crippen LogP contribution in [0.15, 0.2) is 17.1 Å². The molecule has 0 spiro atoms. The summed E-state index contributed by atoms with van der Waals surface area (Å²) in [5.41, 5.74) is 5.85. The van der Waals surface area contributed by atoms with Crippen molar-refractivity contribution >= 4 is 11.9 Å². The summed E-state index contributed by atoms with van der Waals surface area (Å²) >= 11 is 0. The highest BCUT2D eigenvalue weighted by Gasteiger charge is 2.35. The van der Waals surface area contributed by atoms with Gasteiger partial charge in [0, 0.05) is 18.2 Å². The van der Waals surface area contributed by atoms with Crippen molar-refractivity contribution in [3.8, 4) is 0 Å². The number of hydrogen-bond donors (Lipinski definition) is 3. The van der Waals surface area contributed by atoms with E-state index in [0.717, 1.165) is 12.8 Å².